The minimum Gasteiger partial charge on any atom is -0.382 e. The number of guanidine groups is 1. The van der Waals surface area contributed by atoms with Crippen LogP contribution in [0.2, 0.25) is 0 Å². The molecule has 0 spiro atoms. The van der Waals surface area contributed by atoms with Gasteiger partial charge in [0.15, 0.2) is 5.96 Å². The van der Waals surface area contributed by atoms with E-state index < -0.39 is 0 Å². The maximum Gasteiger partial charge on any atom is 0.188 e. The van der Waals surface area contributed by atoms with Crippen LogP contribution in [0.4, 0.5) is 0 Å². The van der Waals surface area contributed by atoms with Crippen molar-refractivity contribution in [1.29, 1.82) is 0 Å². The number of nitrogens with two attached hydrogens (primary N) is 1. The van der Waals surface area contributed by atoms with Crippen LogP contribution in [-0.4, -0.2) is 46.0 Å². The summed E-state index contributed by atoms with van der Waals surface area (Å²) in [6.07, 6.45) is 2.01. The molecule has 0 aromatic carbocycles. The molecular weight excluding hydrogens is 345 g/mol. The van der Waals surface area contributed by atoms with E-state index in [2.05, 4.69) is 16.9 Å². The standard InChI is InChI=1S/C12H25N3O2.HI/c1-11(2)10-15-12(13)14-6-4-5-7-17-9-8-16-3;/h1,4-10H2,2-3H3,(H3,13,14,15);1H. The van der Waals surface area contributed by atoms with Gasteiger partial charge in [-0.25, -0.2) is 4.99 Å². The maximum atomic E-state index is 5.65. The lowest BCUT2D eigenvalue weighted by atomic mass is 10.3. The van der Waals surface area contributed by atoms with Gasteiger partial charge in [-0.2, -0.15) is 0 Å². The number of methoxy groups -OCH3 is 1. The Kier molecular flexibility index (Phi) is 16.3. The molecule has 5 nitrogen and oxygen atoms in total. The Labute approximate surface area is 127 Å². The molecule has 0 saturated carbocycles. The molecule has 0 aliphatic carbocycles. The van der Waals surface area contributed by atoms with Gasteiger partial charge in [-0.3, -0.25) is 0 Å². The molecule has 0 rings (SSSR count). The highest BCUT2D eigenvalue weighted by molar-refractivity contribution is 14.0. The van der Waals surface area contributed by atoms with Gasteiger partial charge in [0, 0.05) is 20.3 Å². The zero-order valence-corrected chi connectivity index (χ0v) is 13.7. The molecule has 0 fully saturated rings. The summed E-state index contributed by atoms with van der Waals surface area (Å²) in [6.45, 7) is 9.15. The van der Waals surface area contributed by atoms with E-state index in [0.717, 1.165) is 31.6 Å². The fourth-order valence-electron chi connectivity index (χ4n) is 1.07. The topological polar surface area (TPSA) is 68.9 Å². The third kappa shape index (κ3) is 15.7. The smallest absolute Gasteiger partial charge is 0.188 e. The quantitative estimate of drug-likeness (QED) is 0.201. The largest absolute Gasteiger partial charge is 0.382 e. The summed E-state index contributed by atoms with van der Waals surface area (Å²) in [5, 5.41) is 3.05. The zero-order chi connectivity index (χ0) is 12.9. The monoisotopic (exact) mass is 371 g/mol. The third-order valence-corrected chi connectivity index (χ3v) is 1.97. The molecule has 0 heterocycles. The number of rotatable bonds is 10. The molecule has 0 aliphatic rings. The van der Waals surface area contributed by atoms with Crippen molar-refractivity contribution in [3.63, 3.8) is 0 Å². The first-order chi connectivity index (χ1) is 8.16. The van der Waals surface area contributed by atoms with Crippen molar-refractivity contribution in [3.05, 3.63) is 12.2 Å². The van der Waals surface area contributed by atoms with Gasteiger partial charge >= 0.3 is 0 Å². The van der Waals surface area contributed by atoms with Crippen LogP contribution < -0.4 is 11.1 Å². The molecular formula is C12H26IN3O2. The molecule has 6 heteroatoms. The van der Waals surface area contributed by atoms with E-state index in [-0.39, 0.29) is 24.0 Å². The van der Waals surface area contributed by atoms with Crippen LogP contribution in [0, 0.1) is 0 Å². The van der Waals surface area contributed by atoms with Crippen LogP contribution in [0.5, 0.6) is 0 Å². The minimum atomic E-state index is 0. The second kappa shape index (κ2) is 14.7. The summed E-state index contributed by atoms with van der Waals surface area (Å²) in [7, 11) is 1.67. The van der Waals surface area contributed by atoms with Crippen LogP contribution in [0.25, 0.3) is 0 Å². The third-order valence-electron chi connectivity index (χ3n) is 1.97. The molecule has 0 amide bonds. The van der Waals surface area contributed by atoms with Gasteiger partial charge in [0.1, 0.15) is 0 Å². The molecule has 0 radical (unpaired) electrons. The number of hydrogen-bond acceptors (Lipinski definition) is 3. The molecule has 0 saturated heterocycles. The number of hydrogen-bond donors (Lipinski definition) is 2. The van der Waals surface area contributed by atoms with Gasteiger partial charge in [-0.05, 0) is 19.8 Å². The van der Waals surface area contributed by atoms with E-state index in [1.165, 1.54) is 0 Å². The molecule has 3 N–H and O–H groups in total. The first-order valence-electron chi connectivity index (χ1n) is 5.91. The van der Waals surface area contributed by atoms with Crippen LogP contribution >= 0.6 is 24.0 Å². The van der Waals surface area contributed by atoms with Crippen molar-refractivity contribution in [3.8, 4) is 0 Å². The van der Waals surface area contributed by atoms with E-state index in [9.17, 15) is 0 Å². The van der Waals surface area contributed by atoms with Gasteiger partial charge in [-0.15, -0.1) is 24.0 Å². The normalized spacial score (nSPS) is 10.9. The van der Waals surface area contributed by atoms with E-state index in [0.29, 0.717) is 25.7 Å². The second-order valence-electron chi connectivity index (χ2n) is 3.90. The molecule has 0 bridgehead atoms. The molecule has 18 heavy (non-hydrogen) atoms. The number of nitrogens with one attached hydrogen (secondary N) is 1. The number of ether oxygens (including phenoxy) is 2. The molecule has 108 valence electrons. The number of aliphatic imine (C=N–C) groups is 1. The van der Waals surface area contributed by atoms with Crippen molar-refractivity contribution in [1.82, 2.24) is 5.32 Å². The Morgan fingerprint density at radius 3 is 2.61 bits per heavy atom. The maximum absolute atomic E-state index is 5.65. The fourth-order valence-corrected chi connectivity index (χ4v) is 1.07. The molecule has 0 aliphatic heterocycles. The predicted octanol–water partition coefficient (Wildman–Crippen LogP) is 1.53. The average Bonchev–Trinajstić information content (AvgIpc) is 2.30. The summed E-state index contributed by atoms with van der Waals surface area (Å²) in [6, 6.07) is 0. The van der Waals surface area contributed by atoms with Crippen molar-refractivity contribution in [2.75, 3.05) is 40.0 Å². The van der Waals surface area contributed by atoms with Gasteiger partial charge in [0.25, 0.3) is 0 Å². The lowest BCUT2D eigenvalue weighted by molar-refractivity contribution is 0.0689. The minimum absolute atomic E-state index is 0. The van der Waals surface area contributed by atoms with Gasteiger partial charge < -0.3 is 20.5 Å². The van der Waals surface area contributed by atoms with Crippen molar-refractivity contribution < 1.29 is 9.47 Å². The number of unbranched alkanes of at least 4 members (excludes halogenated alkanes) is 1. The second-order valence-corrected chi connectivity index (χ2v) is 3.90. The average molecular weight is 371 g/mol. The number of halogens is 1. The van der Waals surface area contributed by atoms with E-state index in [1.807, 2.05) is 6.92 Å². The summed E-state index contributed by atoms with van der Waals surface area (Å²) in [5.41, 5.74) is 6.65. The Morgan fingerprint density at radius 1 is 1.28 bits per heavy atom. The fraction of sp³-hybridized carbons (Fsp3) is 0.750. The summed E-state index contributed by atoms with van der Waals surface area (Å²) >= 11 is 0. The first kappa shape index (κ1) is 20.0. The summed E-state index contributed by atoms with van der Waals surface area (Å²) in [4.78, 5) is 4.12. The van der Waals surface area contributed by atoms with E-state index in [1.54, 1.807) is 7.11 Å². The molecule has 0 aromatic rings. The highest BCUT2D eigenvalue weighted by Gasteiger charge is 1.92. The Morgan fingerprint density at radius 2 is 2.00 bits per heavy atom. The van der Waals surface area contributed by atoms with Crippen molar-refractivity contribution in [2.24, 2.45) is 10.7 Å². The SMILES string of the molecule is C=C(C)CN=C(N)NCCCCOCCOC.I. The van der Waals surface area contributed by atoms with Gasteiger partial charge in [-0.1, -0.05) is 12.2 Å². The van der Waals surface area contributed by atoms with Crippen molar-refractivity contribution >= 4 is 29.9 Å². The Balaban J connectivity index is 0. The van der Waals surface area contributed by atoms with Gasteiger partial charge in [0.2, 0.25) is 0 Å². The van der Waals surface area contributed by atoms with E-state index >= 15 is 0 Å². The molecule has 0 aromatic heterocycles. The zero-order valence-electron chi connectivity index (χ0n) is 11.4. The van der Waals surface area contributed by atoms with Crippen LogP contribution in [-0.2, 0) is 9.47 Å². The van der Waals surface area contributed by atoms with Crippen LogP contribution in [0.1, 0.15) is 19.8 Å². The van der Waals surface area contributed by atoms with Crippen LogP contribution in [0.3, 0.4) is 0 Å². The van der Waals surface area contributed by atoms with E-state index in [4.69, 9.17) is 15.2 Å². The molecule has 0 unspecified atom stereocenters. The Hall–Kier alpha value is -0.340. The Bertz CT molecular complexity index is 235. The van der Waals surface area contributed by atoms with Crippen LogP contribution in [0.15, 0.2) is 17.1 Å². The summed E-state index contributed by atoms with van der Waals surface area (Å²) in [5.74, 6) is 0.480. The lowest BCUT2D eigenvalue weighted by Gasteiger charge is -2.06. The first-order valence-corrected chi connectivity index (χ1v) is 5.91. The van der Waals surface area contributed by atoms with Gasteiger partial charge in [0.05, 0.1) is 19.8 Å². The highest BCUT2D eigenvalue weighted by atomic mass is 127. The highest BCUT2D eigenvalue weighted by Crippen LogP contribution is 1.89. The summed E-state index contributed by atoms with van der Waals surface area (Å²) < 4.78 is 10.2. The van der Waals surface area contributed by atoms with Crippen molar-refractivity contribution in [2.45, 2.75) is 19.8 Å². The lowest BCUT2D eigenvalue weighted by Crippen LogP contribution is -2.32. The molecule has 0 atom stereocenters. The predicted molar refractivity (Wildman–Crippen MR) is 86.7 cm³/mol. The number of nitrogens with zero attached hydrogens (tertiary/aromatic N) is 1.